The smallest absolute Gasteiger partial charge is 0.196 e. The zero-order valence-corrected chi connectivity index (χ0v) is 14.3. The Labute approximate surface area is 135 Å². The largest absolute Gasteiger partial charge is 0.369 e. The van der Waals surface area contributed by atoms with Gasteiger partial charge in [0.1, 0.15) is 0 Å². The topological polar surface area (TPSA) is 41.6 Å². The van der Waals surface area contributed by atoms with Crippen molar-refractivity contribution in [2.24, 2.45) is 16.6 Å². The zero-order valence-electron chi connectivity index (χ0n) is 12.7. The second-order valence-electron chi connectivity index (χ2n) is 6.39. The van der Waals surface area contributed by atoms with E-state index in [1.165, 1.54) is 38.5 Å². The fourth-order valence-electron chi connectivity index (χ4n) is 3.88. The van der Waals surface area contributed by atoms with Gasteiger partial charge in [-0.25, -0.2) is 0 Å². The van der Waals surface area contributed by atoms with Crippen LogP contribution in [-0.4, -0.2) is 18.0 Å². The lowest BCUT2D eigenvalue weighted by atomic mass is 9.88. The maximum atomic E-state index is 6.26. The number of nitrogens with two attached hydrogens (primary N) is 1. The highest BCUT2D eigenvalue weighted by Crippen LogP contribution is 2.42. The molecular weight excluding hydrogens is 326 g/mol. The third-order valence-corrected chi connectivity index (χ3v) is 5.85. The molecule has 2 aliphatic rings. The molecule has 1 heterocycles. The molecule has 3 nitrogen and oxygen atoms in total. The molecule has 0 radical (unpaired) electrons. The fraction of sp³-hybridized carbons (Fsp3) is 0.588. The molecule has 1 aromatic carbocycles. The summed E-state index contributed by atoms with van der Waals surface area (Å²) in [6.07, 6.45) is 7.60. The Morgan fingerprint density at radius 1 is 1.33 bits per heavy atom. The van der Waals surface area contributed by atoms with Crippen LogP contribution < -0.4 is 10.6 Å². The van der Waals surface area contributed by atoms with Crippen molar-refractivity contribution in [2.75, 3.05) is 11.4 Å². The average Bonchev–Trinajstić information content (AvgIpc) is 2.68. The summed E-state index contributed by atoms with van der Waals surface area (Å²) in [5.41, 5.74) is 7.51. The molecule has 2 atom stereocenters. The minimum absolute atomic E-state index is 0.0951. The van der Waals surface area contributed by atoms with E-state index in [1.807, 2.05) is 6.07 Å². The summed E-state index contributed by atoms with van der Waals surface area (Å²) in [7, 11) is 0. The summed E-state index contributed by atoms with van der Waals surface area (Å²) in [6, 6.07) is 8.34. The first-order valence-corrected chi connectivity index (χ1v) is 8.80. The van der Waals surface area contributed by atoms with Gasteiger partial charge >= 0.3 is 0 Å². The minimum Gasteiger partial charge on any atom is -0.369 e. The molecule has 4 heteroatoms. The Bertz CT molecular complexity index is 543. The van der Waals surface area contributed by atoms with Crippen LogP contribution in [0, 0.1) is 5.92 Å². The monoisotopic (exact) mass is 349 g/mol. The van der Waals surface area contributed by atoms with Crippen LogP contribution in [0.1, 0.15) is 45.4 Å². The van der Waals surface area contributed by atoms with Gasteiger partial charge in [0.05, 0.1) is 17.8 Å². The summed E-state index contributed by atoms with van der Waals surface area (Å²) in [5, 5.41) is 0. The summed E-state index contributed by atoms with van der Waals surface area (Å²) >= 11 is 3.68. The van der Waals surface area contributed by atoms with Crippen molar-refractivity contribution in [3.05, 3.63) is 28.7 Å². The van der Waals surface area contributed by atoms with Gasteiger partial charge in [-0.1, -0.05) is 38.3 Å². The lowest BCUT2D eigenvalue weighted by Gasteiger charge is -2.39. The first-order chi connectivity index (χ1) is 10.2. The van der Waals surface area contributed by atoms with Crippen molar-refractivity contribution in [1.82, 2.24) is 0 Å². The summed E-state index contributed by atoms with van der Waals surface area (Å²) in [5.74, 6) is 1.55. The number of anilines is 1. The van der Waals surface area contributed by atoms with Gasteiger partial charge in [-0.2, -0.15) is 0 Å². The van der Waals surface area contributed by atoms with E-state index in [4.69, 9.17) is 5.73 Å². The highest BCUT2D eigenvalue weighted by molar-refractivity contribution is 9.10. The van der Waals surface area contributed by atoms with Crippen LogP contribution in [0.5, 0.6) is 0 Å². The summed E-state index contributed by atoms with van der Waals surface area (Å²) in [4.78, 5) is 6.90. The molecule has 1 fully saturated rings. The predicted octanol–water partition coefficient (Wildman–Crippen LogP) is 4.31. The Kier molecular flexibility index (Phi) is 4.25. The van der Waals surface area contributed by atoms with E-state index in [9.17, 15) is 0 Å². The molecule has 0 aromatic heterocycles. The number of guanidine groups is 1. The molecule has 2 N–H and O–H groups in total. The van der Waals surface area contributed by atoms with E-state index < -0.39 is 0 Å². The standard InChI is InChI=1S/C17H24BrN3/c1-2-13-6-5-10-17(11-9-13)12-20-16(19)21(17)15-8-4-3-7-14(15)18/h3-4,7-8,13H,2,5-6,9-12H2,1H3,(H2,19,20). The highest BCUT2D eigenvalue weighted by atomic mass is 79.9. The molecule has 21 heavy (non-hydrogen) atoms. The van der Waals surface area contributed by atoms with Gasteiger partial charge in [0.25, 0.3) is 0 Å². The molecule has 0 amide bonds. The third-order valence-electron chi connectivity index (χ3n) is 5.18. The molecule has 1 saturated carbocycles. The van der Waals surface area contributed by atoms with Gasteiger partial charge < -0.3 is 10.6 Å². The molecular formula is C17H24BrN3. The van der Waals surface area contributed by atoms with E-state index in [1.54, 1.807) is 0 Å². The van der Waals surface area contributed by atoms with Crippen LogP contribution in [-0.2, 0) is 0 Å². The van der Waals surface area contributed by atoms with E-state index >= 15 is 0 Å². The maximum absolute atomic E-state index is 6.26. The van der Waals surface area contributed by atoms with Crippen molar-refractivity contribution in [3.63, 3.8) is 0 Å². The number of rotatable bonds is 2. The van der Waals surface area contributed by atoms with Crippen LogP contribution in [0.3, 0.4) is 0 Å². The molecule has 1 spiro atoms. The molecule has 2 unspecified atom stereocenters. The first-order valence-electron chi connectivity index (χ1n) is 8.01. The fourth-order valence-corrected chi connectivity index (χ4v) is 4.34. The van der Waals surface area contributed by atoms with Gasteiger partial charge in [-0.05, 0) is 53.2 Å². The number of nitrogens with zero attached hydrogens (tertiary/aromatic N) is 2. The molecule has 0 bridgehead atoms. The van der Waals surface area contributed by atoms with Crippen molar-refractivity contribution in [1.29, 1.82) is 0 Å². The van der Waals surface area contributed by atoms with Crippen LogP contribution >= 0.6 is 15.9 Å². The van der Waals surface area contributed by atoms with Crippen LogP contribution in [0.4, 0.5) is 5.69 Å². The van der Waals surface area contributed by atoms with Gasteiger partial charge in [0.15, 0.2) is 5.96 Å². The van der Waals surface area contributed by atoms with Crippen molar-refractivity contribution < 1.29 is 0 Å². The van der Waals surface area contributed by atoms with Gasteiger partial charge in [-0.3, -0.25) is 4.99 Å². The normalized spacial score (nSPS) is 29.5. The number of halogens is 1. The Morgan fingerprint density at radius 2 is 2.14 bits per heavy atom. The van der Waals surface area contributed by atoms with Gasteiger partial charge in [-0.15, -0.1) is 0 Å². The van der Waals surface area contributed by atoms with Crippen LogP contribution in [0.2, 0.25) is 0 Å². The zero-order chi connectivity index (χ0) is 14.9. The number of aliphatic imine (C=N–C) groups is 1. The minimum atomic E-state index is 0.0951. The molecule has 3 rings (SSSR count). The van der Waals surface area contributed by atoms with E-state index in [2.05, 4.69) is 50.9 Å². The SMILES string of the molecule is CCC1CCCC2(CC1)CN=C(N)N2c1ccccc1Br. The molecule has 1 aliphatic carbocycles. The lowest BCUT2D eigenvalue weighted by Crippen LogP contribution is -2.52. The summed E-state index contributed by atoms with van der Waals surface area (Å²) in [6.45, 7) is 3.16. The average molecular weight is 350 g/mol. The number of hydrogen-bond donors (Lipinski definition) is 1. The Hall–Kier alpha value is -1.03. The highest BCUT2D eigenvalue weighted by Gasteiger charge is 2.44. The third kappa shape index (κ3) is 2.70. The number of hydrogen-bond acceptors (Lipinski definition) is 3. The van der Waals surface area contributed by atoms with Gasteiger partial charge in [0.2, 0.25) is 0 Å². The lowest BCUT2D eigenvalue weighted by molar-refractivity contribution is 0.384. The van der Waals surface area contributed by atoms with Crippen molar-refractivity contribution in [3.8, 4) is 0 Å². The first kappa shape index (κ1) is 14.9. The van der Waals surface area contributed by atoms with E-state index in [0.29, 0.717) is 5.96 Å². The van der Waals surface area contributed by atoms with Crippen LogP contribution in [0.15, 0.2) is 33.7 Å². The maximum Gasteiger partial charge on any atom is 0.196 e. The van der Waals surface area contributed by atoms with Gasteiger partial charge in [0, 0.05) is 4.47 Å². The van der Waals surface area contributed by atoms with Crippen molar-refractivity contribution >= 4 is 27.6 Å². The molecule has 1 aliphatic heterocycles. The van der Waals surface area contributed by atoms with E-state index in [-0.39, 0.29) is 5.54 Å². The van der Waals surface area contributed by atoms with E-state index in [0.717, 1.165) is 22.6 Å². The molecule has 114 valence electrons. The van der Waals surface area contributed by atoms with Crippen molar-refractivity contribution in [2.45, 2.75) is 51.0 Å². The Balaban J connectivity index is 1.93. The number of para-hydroxylation sites is 1. The molecule has 1 aromatic rings. The number of benzene rings is 1. The predicted molar refractivity (Wildman–Crippen MR) is 92.7 cm³/mol. The second-order valence-corrected chi connectivity index (χ2v) is 7.25. The Morgan fingerprint density at radius 3 is 2.90 bits per heavy atom. The summed E-state index contributed by atoms with van der Waals surface area (Å²) < 4.78 is 1.10. The molecule has 0 saturated heterocycles. The van der Waals surface area contributed by atoms with Crippen LogP contribution in [0.25, 0.3) is 0 Å². The quantitative estimate of drug-likeness (QED) is 0.863. The second kappa shape index (κ2) is 5.99.